The Bertz CT molecular complexity index is 539. The average Bonchev–Trinajstić information content (AvgIpc) is 2.89. The minimum absolute atomic E-state index is 0.676. The second-order valence-corrected chi connectivity index (χ2v) is 4.87. The Hall–Kier alpha value is -1.99. The van der Waals surface area contributed by atoms with Crippen LogP contribution in [0.3, 0.4) is 0 Å². The molecule has 2 aromatic heterocycles. The van der Waals surface area contributed by atoms with Gasteiger partial charge < -0.3 is 19.5 Å². The van der Waals surface area contributed by atoms with Crippen molar-refractivity contribution in [3.05, 3.63) is 36.2 Å². The van der Waals surface area contributed by atoms with Crippen molar-refractivity contribution < 1.29 is 4.74 Å². The lowest BCUT2D eigenvalue weighted by Crippen LogP contribution is -2.22. The fourth-order valence-corrected chi connectivity index (χ4v) is 1.88. The third-order valence-corrected chi connectivity index (χ3v) is 3.14. The molecule has 0 saturated heterocycles. The quantitative estimate of drug-likeness (QED) is 0.717. The monoisotopic (exact) mass is 290 g/mol. The summed E-state index contributed by atoms with van der Waals surface area (Å²) in [6, 6.07) is 0. The van der Waals surface area contributed by atoms with E-state index in [1.165, 1.54) is 0 Å². The van der Waals surface area contributed by atoms with Crippen LogP contribution in [0.2, 0.25) is 0 Å². The number of nitrogens with one attached hydrogen (secondary N) is 1. The van der Waals surface area contributed by atoms with Gasteiger partial charge in [0.15, 0.2) is 0 Å². The first-order valence-electron chi connectivity index (χ1n) is 6.88. The molecule has 0 aliphatic heterocycles. The highest BCUT2D eigenvalue weighted by Gasteiger charge is 2.08. The Morgan fingerprint density at radius 1 is 1.29 bits per heavy atom. The molecule has 0 spiro atoms. The minimum Gasteiger partial charge on any atom is -0.383 e. The molecule has 114 valence electrons. The van der Waals surface area contributed by atoms with Crippen LogP contribution in [0.1, 0.15) is 11.4 Å². The summed E-state index contributed by atoms with van der Waals surface area (Å²) in [5.74, 6) is 1.67. The van der Waals surface area contributed by atoms with Crippen molar-refractivity contribution in [1.82, 2.24) is 24.8 Å². The zero-order chi connectivity index (χ0) is 15.1. The highest BCUT2D eigenvalue weighted by atomic mass is 16.5. The molecule has 2 aromatic rings. The van der Waals surface area contributed by atoms with Crippen molar-refractivity contribution >= 4 is 5.95 Å². The molecule has 0 radical (unpaired) electrons. The van der Waals surface area contributed by atoms with Crippen LogP contribution in [0.15, 0.2) is 24.8 Å². The summed E-state index contributed by atoms with van der Waals surface area (Å²) in [7, 11) is 5.63. The molecule has 0 bridgehead atoms. The van der Waals surface area contributed by atoms with E-state index in [1.54, 1.807) is 13.3 Å². The van der Waals surface area contributed by atoms with E-state index in [2.05, 4.69) is 20.3 Å². The number of imidazole rings is 1. The molecule has 0 amide bonds. The van der Waals surface area contributed by atoms with E-state index in [-0.39, 0.29) is 0 Å². The van der Waals surface area contributed by atoms with E-state index in [0.717, 1.165) is 24.5 Å². The Morgan fingerprint density at radius 3 is 2.67 bits per heavy atom. The predicted octanol–water partition coefficient (Wildman–Crippen LogP) is 0.582. The lowest BCUT2D eigenvalue weighted by molar-refractivity contribution is 0.199. The van der Waals surface area contributed by atoms with Crippen molar-refractivity contribution in [2.24, 2.45) is 7.05 Å². The molecule has 2 rings (SSSR count). The van der Waals surface area contributed by atoms with Crippen molar-refractivity contribution in [1.29, 1.82) is 0 Å². The molecule has 7 heteroatoms. The molecule has 7 nitrogen and oxygen atoms in total. The zero-order valence-corrected chi connectivity index (χ0v) is 12.8. The molecule has 0 aromatic carbocycles. The van der Waals surface area contributed by atoms with E-state index in [9.17, 15) is 0 Å². The number of aryl methyl sites for hydroxylation is 1. The van der Waals surface area contributed by atoms with Gasteiger partial charge in [-0.05, 0) is 0 Å². The first-order valence-corrected chi connectivity index (χ1v) is 6.88. The molecular weight excluding hydrogens is 268 g/mol. The summed E-state index contributed by atoms with van der Waals surface area (Å²) >= 11 is 0. The van der Waals surface area contributed by atoms with Gasteiger partial charge in [0.2, 0.25) is 5.95 Å². The molecule has 0 aliphatic carbocycles. The maximum Gasteiger partial charge on any atom is 0.225 e. The minimum atomic E-state index is 0.676. The Morgan fingerprint density at radius 2 is 2.05 bits per heavy atom. The first kappa shape index (κ1) is 15.4. The van der Waals surface area contributed by atoms with Crippen LogP contribution in [-0.2, 0) is 24.9 Å². The van der Waals surface area contributed by atoms with Crippen LogP contribution in [0, 0.1) is 0 Å². The van der Waals surface area contributed by atoms with Gasteiger partial charge >= 0.3 is 0 Å². The number of ether oxygens (including phenoxy) is 1. The van der Waals surface area contributed by atoms with Crippen molar-refractivity contribution in [2.45, 2.75) is 13.1 Å². The summed E-state index contributed by atoms with van der Waals surface area (Å²) in [6.45, 7) is 2.93. The van der Waals surface area contributed by atoms with Gasteiger partial charge in [-0.25, -0.2) is 15.0 Å². The summed E-state index contributed by atoms with van der Waals surface area (Å²) in [5, 5.41) is 3.26. The SMILES string of the molecule is COCCNCc1cnc(N(C)Cc2nccn2C)nc1. The van der Waals surface area contributed by atoms with E-state index in [0.29, 0.717) is 19.1 Å². The van der Waals surface area contributed by atoms with Gasteiger partial charge in [0.05, 0.1) is 13.2 Å². The van der Waals surface area contributed by atoms with Gasteiger partial charge in [-0.3, -0.25) is 0 Å². The van der Waals surface area contributed by atoms with Gasteiger partial charge in [0.25, 0.3) is 0 Å². The highest BCUT2D eigenvalue weighted by Crippen LogP contribution is 2.08. The molecule has 0 atom stereocenters. The lowest BCUT2D eigenvalue weighted by Gasteiger charge is -2.16. The normalized spacial score (nSPS) is 10.8. The van der Waals surface area contributed by atoms with Crippen molar-refractivity contribution in [3.8, 4) is 0 Å². The van der Waals surface area contributed by atoms with Crippen LogP contribution < -0.4 is 10.2 Å². The van der Waals surface area contributed by atoms with Crippen molar-refractivity contribution in [3.63, 3.8) is 0 Å². The number of hydrogen-bond acceptors (Lipinski definition) is 6. The Kier molecular flexibility index (Phi) is 5.65. The largest absolute Gasteiger partial charge is 0.383 e. The highest BCUT2D eigenvalue weighted by molar-refractivity contribution is 5.28. The number of anilines is 1. The number of methoxy groups -OCH3 is 1. The zero-order valence-electron chi connectivity index (χ0n) is 12.8. The van der Waals surface area contributed by atoms with Gasteiger partial charge in [-0.1, -0.05) is 0 Å². The summed E-state index contributed by atoms with van der Waals surface area (Å²) < 4.78 is 6.97. The molecule has 1 N–H and O–H groups in total. The maximum absolute atomic E-state index is 4.98. The maximum atomic E-state index is 4.98. The van der Waals surface area contributed by atoms with Gasteiger partial charge in [0.1, 0.15) is 5.82 Å². The van der Waals surface area contributed by atoms with Crippen LogP contribution in [0.5, 0.6) is 0 Å². The molecule has 0 fully saturated rings. The van der Waals surface area contributed by atoms with Crippen molar-refractivity contribution in [2.75, 3.05) is 32.2 Å². The van der Waals surface area contributed by atoms with E-state index in [4.69, 9.17) is 4.74 Å². The molecule has 0 aliphatic rings. The lowest BCUT2D eigenvalue weighted by atomic mass is 10.3. The van der Waals surface area contributed by atoms with E-state index < -0.39 is 0 Å². The number of aromatic nitrogens is 4. The number of nitrogens with zero attached hydrogens (tertiary/aromatic N) is 5. The topological polar surface area (TPSA) is 68.1 Å². The first-order chi connectivity index (χ1) is 10.2. The summed E-state index contributed by atoms with van der Waals surface area (Å²) in [5.41, 5.74) is 1.06. The van der Waals surface area contributed by atoms with Crippen LogP contribution in [-0.4, -0.2) is 46.8 Å². The molecule has 0 saturated carbocycles. The summed E-state index contributed by atoms with van der Waals surface area (Å²) in [6.07, 6.45) is 7.41. The van der Waals surface area contributed by atoms with E-state index in [1.807, 2.05) is 42.2 Å². The standard InChI is InChI=1S/C14H22N6O/c1-19-6-4-16-13(19)11-20(2)14-17-9-12(10-18-14)8-15-5-7-21-3/h4,6,9-10,15H,5,7-8,11H2,1-3H3. The van der Waals surface area contributed by atoms with E-state index >= 15 is 0 Å². The molecule has 0 unspecified atom stereocenters. The molecule has 2 heterocycles. The third-order valence-electron chi connectivity index (χ3n) is 3.14. The number of hydrogen-bond donors (Lipinski definition) is 1. The second-order valence-electron chi connectivity index (χ2n) is 4.87. The van der Waals surface area contributed by atoms with Gasteiger partial charge in [0, 0.05) is 64.6 Å². The smallest absolute Gasteiger partial charge is 0.225 e. The third kappa shape index (κ3) is 4.51. The second kappa shape index (κ2) is 7.70. The van der Waals surface area contributed by atoms with Gasteiger partial charge in [-0.15, -0.1) is 0 Å². The summed E-state index contributed by atoms with van der Waals surface area (Å²) in [4.78, 5) is 15.1. The molecular formula is C14H22N6O. The Labute approximate surface area is 125 Å². The van der Waals surface area contributed by atoms with Crippen LogP contribution >= 0.6 is 0 Å². The molecule has 21 heavy (non-hydrogen) atoms. The fraction of sp³-hybridized carbons (Fsp3) is 0.500. The Balaban J connectivity index is 1.87. The van der Waals surface area contributed by atoms with Crippen LogP contribution in [0.25, 0.3) is 0 Å². The fourth-order valence-electron chi connectivity index (χ4n) is 1.88. The van der Waals surface area contributed by atoms with Crippen LogP contribution in [0.4, 0.5) is 5.95 Å². The average molecular weight is 290 g/mol. The number of rotatable bonds is 8. The predicted molar refractivity (Wildman–Crippen MR) is 80.9 cm³/mol. The van der Waals surface area contributed by atoms with Gasteiger partial charge in [-0.2, -0.15) is 0 Å².